The number of hydrogen-bond acceptors (Lipinski definition) is 3. The SMILES string of the molecule is Cc1ccc(CC(=O)N(CCO)Cc2ccccc2)cc1O. The smallest absolute Gasteiger partial charge is 0.227 e. The molecule has 2 aromatic carbocycles. The Morgan fingerprint density at radius 1 is 1.09 bits per heavy atom. The van der Waals surface area contributed by atoms with Gasteiger partial charge in [0.05, 0.1) is 13.0 Å². The first-order valence-electron chi connectivity index (χ1n) is 7.31. The number of nitrogens with zero attached hydrogens (tertiary/aromatic N) is 1. The maximum absolute atomic E-state index is 12.4. The number of carbonyl (C=O) groups is 1. The molecule has 0 unspecified atom stereocenters. The van der Waals surface area contributed by atoms with Gasteiger partial charge >= 0.3 is 0 Å². The maximum atomic E-state index is 12.4. The summed E-state index contributed by atoms with van der Waals surface area (Å²) in [5.74, 6) is 0.128. The summed E-state index contributed by atoms with van der Waals surface area (Å²) in [5, 5.41) is 18.9. The second-order valence-corrected chi connectivity index (χ2v) is 5.32. The van der Waals surface area contributed by atoms with Crippen LogP contribution >= 0.6 is 0 Å². The van der Waals surface area contributed by atoms with E-state index >= 15 is 0 Å². The molecule has 116 valence electrons. The van der Waals surface area contributed by atoms with E-state index in [1.165, 1.54) is 0 Å². The Balaban J connectivity index is 2.07. The number of amides is 1. The zero-order chi connectivity index (χ0) is 15.9. The molecule has 4 nitrogen and oxygen atoms in total. The Hall–Kier alpha value is -2.33. The normalized spacial score (nSPS) is 10.5. The van der Waals surface area contributed by atoms with Crippen molar-refractivity contribution in [3.8, 4) is 5.75 Å². The van der Waals surface area contributed by atoms with Crippen molar-refractivity contribution in [1.29, 1.82) is 0 Å². The van der Waals surface area contributed by atoms with E-state index in [0.29, 0.717) is 13.1 Å². The fraction of sp³-hybridized carbons (Fsp3) is 0.278. The monoisotopic (exact) mass is 299 g/mol. The topological polar surface area (TPSA) is 60.8 Å². The molecule has 0 aliphatic heterocycles. The molecule has 0 atom stereocenters. The van der Waals surface area contributed by atoms with Crippen molar-refractivity contribution in [2.24, 2.45) is 0 Å². The minimum Gasteiger partial charge on any atom is -0.508 e. The van der Waals surface area contributed by atoms with Gasteiger partial charge < -0.3 is 15.1 Å². The number of hydrogen-bond donors (Lipinski definition) is 2. The lowest BCUT2D eigenvalue weighted by Gasteiger charge is -2.22. The Morgan fingerprint density at radius 2 is 1.82 bits per heavy atom. The highest BCUT2D eigenvalue weighted by Crippen LogP contribution is 2.18. The predicted octanol–water partition coefficient (Wildman–Crippen LogP) is 2.26. The van der Waals surface area contributed by atoms with E-state index < -0.39 is 0 Å². The van der Waals surface area contributed by atoms with E-state index in [9.17, 15) is 15.0 Å². The lowest BCUT2D eigenvalue weighted by Crippen LogP contribution is -2.34. The summed E-state index contributed by atoms with van der Waals surface area (Å²) in [6.45, 7) is 2.51. The second-order valence-electron chi connectivity index (χ2n) is 5.32. The van der Waals surface area contributed by atoms with Crippen LogP contribution in [0.25, 0.3) is 0 Å². The van der Waals surface area contributed by atoms with E-state index in [-0.39, 0.29) is 24.7 Å². The van der Waals surface area contributed by atoms with Crippen molar-refractivity contribution in [2.75, 3.05) is 13.2 Å². The lowest BCUT2D eigenvalue weighted by molar-refractivity contribution is -0.131. The van der Waals surface area contributed by atoms with E-state index in [1.807, 2.05) is 43.3 Å². The molecule has 2 rings (SSSR count). The molecule has 2 aromatic rings. The van der Waals surface area contributed by atoms with Crippen molar-refractivity contribution in [2.45, 2.75) is 19.9 Å². The number of rotatable bonds is 6. The summed E-state index contributed by atoms with van der Waals surface area (Å²) in [6.07, 6.45) is 0.209. The highest BCUT2D eigenvalue weighted by molar-refractivity contribution is 5.79. The third-order valence-electron chi connectivity index (χ3n) is 3.57. The molecule has 0 aliphatic rings. The van der Waals surface area contributed by atoms with Gasteiger partial charge in [-0.2, -0.15) is 0 Å². The highest BCUT2D eigenvalue weighted by atomic mass is 16.3. The van der Waals surface area contributed by atoms with Gasteiger partial charge in [0.15, 0.2) is 0 Å². The van der Waals surface area contributed by atoms with Crippen molar-refractivity contribution < 1.29 is 15.0 Å². The van der Waals surface area contributed by atoms with Gasteiger partial charge in [-0.05, 0) is 29.7 Å². The van der Waals surface area contributed by atoms with Gasteiger partial charge in [0.1, 0.15) is 5.75 Å². The fourth-order valence-corrected chi connectivity index (χ4v) is 2.27. The third kappa shape index (κ3) is 4.33. The average Bonchev–Trinajstić information content (AvgIpc) is 2.51. The van der Waals surface area contributed by atoms with Crippen molar-refractivity contribution in [3.63, 3.8) is 0 Å². The van der Waals surface area contributed by atoms with E-state index in [1.54, 1.807) is 17.0 Å². The number of aryl methyl sites for hydroxylation is 1. The molecule has 0 heterocycles. The van der Waals surface area contributed by atoms with Crippen LogP contribution in [0.2, 0.25) is 0 Å². The molecule has 22 heavy (non-hydrogen) atoms. The Morgan fingerprint density at radius 3 is 2.45 bits per heavy atom. The Kier molecular flexibility index (Phi) is 5.55. The average molecular weight is 299 g/mol. The van der Waals surface area contributed by atoms with Crippen LogP contribution in [0.5, 0.6) is 5.75 Å². The third-order valence-corrected chi connectivity index (χ3v) is 3.57. The van der Waals surface area contributed by atoms with Crippen LogP contribution in [0.4, 0.5) is 0 Å². The number of aliphatic hydroxyl groups excluding tert-OH is 1. The predicted molar refractivity (Wildman–Crippen MR) is 85.5 cm³/mol. The van der Waals surface area contributed by atoms with Crippen LogP contribution in [0.1, 0.15) is 16.7 Å². The number of benzene rings is 2. The minimum absolute atomic E-state index is 0.0684. The van der Waals surface area contributed by atoms with Crippen LogP contribution in [0, 0.1) is 6.92 Å². The molecule has 0 bridgehead atoms. The van der Waals surface area contributed by atoms with Crippen molar-refractivity contribution in [1.82, 2.24) is 4.90 Å². The summed E-state index contributed by atoms with van der Waals surface area (Å²) in [7, 11) is 0. The first-order chi connectivity index (χ1) is 10.6. The van der Waals surface area contributed by atoms with Gasteiger partial charge in [0.2, 0.25) is 5.91 Å². The van der Waals surface area contributed by atoms with Gasteiger partial charge in [-0.1, -0.05) is 42.5 Å². The van der Waals surface area contributed by atoms with Gasteiger partial charge in [-0.3, -0.25) is 4.79 Å². The standard InChI is InChI=1S/C18H21NO3/c1-14-7-8-16(11-17(14)21)12-18(22)19(9-10-20)13-15-5-3-2-4-6-15/h2-8,11,20-21H,9-10,12-13H2,1H3. The molecule has 0 saturated carbocycles. The fourth-order valence-electron chi connectivity index (χ4n) is 2.27. The summed E-state index contributed by atoms with van der Waals surface area (Å²) < 4.78 is 0. The number of phenols is 1. The summed E-state index contributed by atoms with van der Waals surface area (Å²) in [6, 6.07) is 14.9. The summed E-state index contributed by atoms with van der Waals surface area (Å²) in [5.41, 5.74) is 2.58. The highest BCUT2D eigenvalue weighted by Gasteiger charge is 2.14. The second kappa shape index (κ2) is 7.61. The van der Waals surface area contributed by atoms with Crippen LogP contribution in [-0.2, 0) is 17.8 Å². The van der Waals surface area contributed by atoms with E-state index in [0.717, 1.165) is 16.7 Å². The van der Waals surface area contributed by atoms with Gasteiger partial charge in [0, 0.05) is 13.1 Å². The molecule has 0 spiro atoms. The quantitative estimate of drug-likeness (QED) is 0.860. The van der Waals surface area contributed by atoms with Gasteiger partial charge in [-0.15, -0.1) is 0 Å². The lowest BCUT2D eigenvalue weighted by atomic mass is 10.1. The van der Waals surface area contributed by atoms with Gasteiger partial charge in [0.25, 0.3) is 0 Å². The molecule has 0 aliphatic carbocycles. The molecule has 0 aromatic heterocycles. The molecule has 2 N–H and O–H groups in total. The van der Waals surface area contributed by atoms with Crippen LogP contribution in [0.3, 0.4) is 0 Å². The Labute approximate surface area is 130 Å². The zero-order valence-corrected chi connectivity index (χ0v) is 12.7. The first kappa shape index (κ1) is 16.0. The van der Waals surface area contributed by atoms with Crippen LogP contribution in [-0.4, -0.2) is 34.2 Å². The number of aromatic hydroxyl groups is 1. The minimum atomic E-state index is -0.0717. The molecule has 4 heteroatoms. The maximum Gasteiger partial charge on any atom is 0.227 e. The van der Waals surface area contributed by atoms with Crippen molar-refractivity contribution in [3.05, 3.63) is 65.2 Å². The zero-order valence-electron chi connectivity index (χ0n) is 12.7. The largest absolute Gasteiger partial charge is 0.508 e. The van der Waals surface area contributed by atoms with E-state index in [4.69, 9.17) is 0 Å². The van der Waals surface area contributed by atoms with E-state index in [2.05, 4.69) is 0 Å². The Bertz CT molecular complexity index is 625. The molecule has 0 fully saturated rings. The molecular weight excluding hydrogens is 278 g/mol. The van der Waals surface area contributed by atoms with Crippen molar-refractivity contribution >= 4 is 5.91 Å². The molecule has 1 amide bonds. The molecule has 0 radical (unpaired) electrons. The summed E-state index contributed by atoms with van der Waals surface area (Å²) >= 11 is 0. The number of phenolic OH excluding ortho intramolecular Hbond substituents is 1. The van der Waals surface area contributed by atoms with Gasteiger partial charge in [-0.25, -0.2) is 0 Å². The number of carbonyl (C=O) groups excluding carboxylic acids is 1. The molecular formula is C18H21NO3. The first-order valence-corrected chi connectivity index (χ1v) is 7.31. The molecule has 0 saturated heterocycles. The number of aliphatic hydroxyl groups is 1. The summed E-state index contributed by atoms with van der Waals surface area (Å²) in [4.78, 5) is 14.1. The van der Waals surface area contributed by atoms with Crippen LogP contribution < -0.4 is 0 Å². The van der Waals surface area contributed by atoms with Crippen LogP contribution in [0.15, 0.2) is 48.5 Å².